The number of phenolic OH excluding ortho intramolecular Hbond substituents is 1. The molecule has 6 nitrogen and oxygen atoms in total. The lowest BCUT2D eigenvalue weighted by Gasteiger charge is -2.15. The molecule has 0 atom stereocenters. The summed E-state index contributed by atoms with van der Waals surface area (Å²) in [6.45, 7) is 1.02. The van der Waals surface area contributed by atoms with Crippen LogP contribution in [0.3, 0.4) is 0 Å². The summed E-state index contributed by atoms with van der Waals surface area (Å²) in [6, 6.07) is 39.2. The van der Waals surface area contributed by atoms with Crippen LogP contribution in [-0.4, -0.2) is 5.11 Å². The number of rotatable bonds is 10. The number of fused-ring (bicyclic) bond motifs is 1. The van der Waals surface area contributed by atoms with Crippen LogP contribution in [0.1, 0.15) is 16.7 Å². The Bertz CT molecular complexity index is 1850. The Morgan fingerprint density at radius 2 is 1.12 bits per heavy atom. The van der Waals surface area contributed by atoms with Crippen LogP contribution in [-0.2, 0) is 19.8 Å². The van der Waals surface area contributed by atoms with Crippen LogP contribution < -0.4 is 19.6 Å². The summed E-state index contributed by atoms with van der Waals surface area (Å²) in [4.78, 5) is 13.1. The second-order valence-corrected chi connectivity index (χ2v) is 9.77. The lowest BCUT2D eigenvalue weighted by molar-refractivity contribution is 0.256. The van der Waals surface area contributed by atoms with Gasteiger partial charge in [-0.05, 0) is 34.9 Å². The summed E-state index contributed by atoms with van der Waals surface area (Å²) < 4.78 is 24.4. The molecule has 0 radical (unpaired) electrons. The van der Waals surface area contributed by atoms with Crippen molar-refractivity contribution in [3.8, 4) is 34.3 Å². The molecule has 1 N–H and O–H groups in total. The fourth-order valence-corrected chi connectivity index (χ4v) is 4.57. The van der Waals surface area contributed by atoms with Crippen molar-refractivity contribution < 1.29 is 23.7 Å². The minimum Gasteiger partial charge on any atom is -0.507 e. The van der Waals surface area contributed by atoms with Crippen molar-refractivity contribution in [2.75, 3.05) is 0 Å². The molecule has 0 aliphatic rings. The molecule has 0 saturated heterocycles. The maximum atomic E-state index is 13.1. The van der Waals surface area contributed by atoms with Crippen molar-refractivity contribution in [2.24, 2.45) is 0 Å². The molecule has 0 unspecified atom stereocenters. The van der Waals surface area contributed by atoms with Gasteiger partial charge in [-0.15, -0.1) is 0 Å². The van der Waals surface area contributed by atoms with E-state index in [4.69, 9.17) is 18.6 Å². The lowest BCUT2D eigenvalue weighted by atomic mass is 10.1. The molecule has 1 heterocycles. The summed E-state index contributed by atoms with van der Waals surface area (Å²) in [6.07, 6.45) is 0. The smallest absolute Gasteiger partial charge is 0.197 e. The average molecular weight is 557 g/mol. The van der Waals surface area contributed by atoms with E-state index in [0.717, 1.165) is 16.7 Å². The number of benzene rings is 5. The molecule has 0 bridgehead atoms. The van der Waals surface area contributed by atoms with Gasteiger partial charge in [-0.2, -0.15) is 0 Å². The monoisotopic (exact) mass is 556 g/mol. The normalized spacial score (nSPS) is 10.9. The number of hydrogen-bond donors (Lipinski definition) is 1. The summed E-state index contributed by atoms with van der Waals surface area (Å²) >= 11 is 0. The molecular weight excluding hydrogens is 528 g/mol. The van der Waals surface area contributed by atoms with E-state index in [9.17, 15) is 9.90 Å². The van der Waals surface area contributed by atoms with Crippen molar-refractivity contribution in [3.63, 3.8) is 0 Å². The maximum absolute atomic E-state index is 13.1. The van der Waals surface area contributed by atoms with Crippen LogP contribution in [0.25, 0.3) is 22.3 Å². The summed E-state index contributed by atoms with van der Waals surface area (Å²) in [5.74, 6) is 1.59. The predicted octanol–water partition coefficient (Wildman–Crippen LogP) is 7.90. The van der Waals surface area contributed by atoms with Gasteiger partial charge in [0.1, 0.15) is 48.0 Å². The zero-order valence-corrected chi connectivity index (χ0v) is 22.7. The zero-order chi connectivity index (χ0) is 28.7. The van der Waals surface area contributed by atoms with E-state index >= 15 is 0 Å². The second-order valence-electron chi connectivity index (χ2n) is 9.77. The first-order valence-corrected chi connectivity index (χ1v) is 13.6. The van der Waals surface area contributed by atoms with E-state index in [-0.39, 0.29) is 22.1 Å². The molecule has 6 rings (SSSR count). The van der Waals surface area contributed by atoms with Gasteiger partial charge in [0.15, 0.2) is 16.9 Å². The van der Waals surface area contributed by atoms with Gasteiger partial charge < -0.3 is 23.7 Å². The SMILES string of the molecule is O=c1cc(-c2ccc(OCc3ccccc3)c(OCc3ccccc3)c2)oc2cc(OCc3ccccc3)cc(O)c12. The molecule has 208 valence electrons. The van der Waals surface area contributed by atoms with E-state index in [1.54, 1.807) is 18.2 Å². The molecule has 0 saturated carbocycles. The van der Waals surface area contributed by atoms with Crippen molar-refractivity contribution in [1.82, 2.24) is 0 Å². The molecule has 0 aliphatic heterocycles. The van der Waals surface area contributed by atoms with Crippen LogP contribution in [0.5, 0.6) is 23.0 Å². The number of phenols is 1. The topological polar surface area (TPSA) is 78.1 Å². The Hall–Kier alpha value is -5.49. The van der Waals surface area contributed by atoms with Gasteiger partial charge >= 0.3 is 0 Å². The Kier molecular flexibility index (Phi) is 7.86. The molecule has 1 aromatic heterocycles. The Balaban J connectivity index is 1.32. The van der Waals surface area contributed by atoms with E-state index < -0.39 is 0 Å². The lowest BCUT2D eigenvalue weighted by Crippen LogP contribution is -2.03. The fraction of sp³-hybridized carbons (Fsp3) is 0.0833. The Morgan fingerprint density at radius 3 is 1.71 bits per heavy atom. The first-order chi connectivity index (χ1) is 20.6. The summed E-state index contributed by atoms with van der Waals surface area (Å²) in [5, 5.41) is 10.7. The summed E-state index contributed by atoms with van der Waals surface area (Å²) in [5.41, 5.74) is 3.49. The van der Waals surface area contributed by atoms with Crippen LogP contribution >= 0.6 is 0 Å². The highest BCUT2D eigenvalue weighted by Crippen LogP contribution is 2.36. The van der Waals surface area contributed by atoms with Gasteiger partial charge in [0.25, 0.3) is 0 Å². The number of hydrogen-bond acceptors (Lipinski definition) is 6. The first-order valence-electron chi connectivity index (χ1n) is 13.6. The second kappa shape index (κ2) is 12.4. The van der Waals surface area contributed by atoms with Crippen molar-refractivity contribution in [1.29, 1.82) is 0 Å². The first kappa shape index (κ1) is 26.7. The van der Waals surface area contributed by atoms with Gasteiger partial charge in [0, 0.05) is 23.8 Å². The van der Waals surface area contributed by atoms with Crippen LogP contribution in [0, 0.1) is 0 Å². The van der Waals surface area contributed by atoms with Gasteiger partial charge in [-0.3, -0.25) is 4.79 Å². The maximum Gasteiger partial charge on any atom is 0.197 e. The third kappa shape index (κ3) is 6.29. The molecule has 42 heavy (non-hydrogen) atoms. The van der Waals surface area contributed by atoms with E-state index in [0.29, 0.717) is 48.4 Å². The number of aromatic hydroxyl groups is 1. The van der Waals surface area contributed by atoms with E-state index in [1.165, 1.54) is 12.1 Å². The van der Waals surface area contributed by atoms with Crippen LogP contribution in [0.2, 0.25) is 0 Å². The molecule has 0 aliphatic carbocycles. The van der Waals surface area contributed by atoms with Crippen LogP contribution in [0.15, 0.2) is 137 Å². The summed E-state index contributed by atoms with van der Waals surface area (Å²) in [7, 11) is 0. The highest BCUT2D eigenvalue weighted by Gasteiger charge is 2.16. The Labute approximate surface area is 243 Å². The molecule has 6 aromatic rings. The fourth-order valence-electron chi connectivity index (χ4n) is 4.57. The third-order valence-corrected chi connectivity index (χ3v) is 6.73. The van der Waals surface area contributed by atoms with Crippen molar-refractivity contribution >= 4 is 11.0 Å². The predicted molar refractivity (Wildman–Crippen MR) is 162 cm³/mol. The molecule has 5 aromatic carbocycles. The van der Waals surface area contributed by atoms with E-state index in [1.807, 2.05) is 97.1 Å². The van der Waals surface area contributed by atoms with Gasteiger partial charge in [0.05, 0.1) is 0 Å². The zero-order valence-electron chi connectivity index (χ0n) is 22.7. The standard InChI is InChI=1S/C36H28O6/c37-30-19-29(39-22-25-10-4-1-5-11-25)20-35-36(30)31(38)21-33(42-35)28-16-17-32(40-23-26-12-6-2-7-13-26)34(18-28)41-24-27-14-8-3-9-15-27/h1-21,37H,22-24H2. The highest BCUT2D eigenvalue weighted by molar-refractivity contribution is 5.86. The average Bonchev–Trinajstić information content (AvgIpc) is 3.03. The molecule has 6 heteroatoms. The molecule has 0 spiro atoms. The largest absolute Gasteiger partial charge is 0.507 e. The molecular formula is C36H28O6. The highest BCUT2D eigenvalue weighted by atomic mass is 16.5. The Morgan fingerprint density at radius 1 is 0.571 bits per heavy atom. The number of ether oxygens (including phenoxy) is 3. The van der Waals surface area contributed by atoms with Gasteiger partial charge in [-0.25, -0.2) is 0 Å². The molecule has 0 amide bonds. The minimum absolute atomic E-state index is 0.0918. The molecule has 0 fully saturated rings. The minimum atomic E-state index is -0.366. The third-order valence-electron chi connectivity index (χ3n) is 6.73. The van der Waals surface area contributed by atoms with Crippen molar-refractivity contribution in [3.05, 3.63) is 154 Å². The van der Waals surface area contributed by atoms with E-state index in [2.05, 4.69) is 0 Å². The van der Waals surface area contributed by atoms with Gasteiger partial charge in [-0.1, -0.05) is 91.0 Å². The van der Waals surface area contributed by atoms with Gasteiger partial charge in [0.2, 0.25) is 0 Å². The quantitative estimate of drug-likeness (QED) is 0.185. The van der Waals surface area contributed by atoms with Crippen molar-refractivity contribution in [2.45, 2.75) is 19.8 Å². The van der Waals surface area contributed by atoms with Crippen LogP contribution in [0.4, 0.5) is 0 Å².